The summed E-state index contributed by atoms with van der Waals surface area (Å²) in [6.45, 7) is 1.98. The van der Waals surface area contributed by atoms with Gasteiger partial charge in [-0.15, -0.1) is 0 Å². The number of ether oxygens (including phenoxy) is 1. The number of amides is 1. The lowest BCUT2D eigenvalue weighted by atomic mass is 10.2. The first-order valence-corrected chi connectivity index (χ1v) is 9.09. The third-order valence-corrected chi connectivity index (χ3v) is 5.35. The van der Waals surface area contributed by atoms with E-state index >= 15 is 0 Å². The first kappa shape index (κ1) is 19.6. The minimum absolute atomic E-state index is 0.0342. The van der Waals surface area contributed by atoms with Crippen molar-refractivity contribution in [2.75, 3.05) is 27.2 Å². The standard InChI is InChI=1S/C14H19BrN2O5S/c1-4-7-16-13(18)9-22-14(19)11-8-10(5-6-12(11)15)23(20,21)17(2)3/h5-6,8H,4,7,9H2,1-3H3,(H,16,18). The minimum Gasteiger partial charge on any atom is -0.452 e. The highest BCUT2D eigenvalue weighted by Crippen LogP contribution is 2.23. The molecule has 0 saturated carbocycles. The van der Waals surface area contributed by atoms with E-state index < -0.39 is 28.5 Å². The molecule has 1 aromatic carbocycles. The molecule has 0 aromatic heterocycles. The molecule has 0 atom stereocenters. The van der Waals surface area contributed by atoms with E-state index in [0.717, 1.165) is 10.7 Å². The van der Waals surface area contributed by atoms with Crippen molar-refractivity contribution in [1.82, 2.24) is 9.62 Å². The maximum absolute atomic E-state index is 12.1. The van der Waals surface area contributed by atoms with E-state index in [9.17, 15) is 18.0 Å². The summed E-state index contributed by atoms with van der Waals surface area (Å²) in [5.41, 5.74) is 0.0382. The number of nitrogens with zero attached hydrogens (tertiary/aromatic N) is 1. The van der Waals surface area contributed by atoms with Gasteiger partial charge in [-0.1, -0.05) is 6.92 Å². The Morgan fingerprint density at radius 1 is 1.30 bits per heavy atom. The molecule has 0 aliphatic carbocycles. The van der Waals surface area contributed by atoms with Crippen molar-refractivity contribution in [3.63, 3.8) is 0 Å². The molecular formula is C14H19BrN2O5S. The van der Waals surface area contributed by atoms with Crippen LogP contribution < -0.4 is 5.32 Å². The van der Waals surface area contributed by atoms with Crippen LogP contribution in [0.5, 0.6) is 0 Å². The molecule has 0 saturated heterocycles. The van der Waals surface area contributed by atoms with Crippen LogP contribution in [0.1, 0.15) is 23.7 Å². The minimum atomic E-state index is -3.67. The van der Waals surface area contributed by atoms with Gasteiger partial charge in [0.2, 0.25) is 10.0 Å². The summed E-state index contributed by atoms with van der Waals surface area (Å²) in [4.78, 5) is 23.5. The van der Waals surface area contributed by atoms with Crippen LogP contribution >= 0.6 is 15.9 Å². The molecule has 7 nitrogen and oxygen atoms in total. The van der Waals surface area contributed by atoms with Crippen LogP contribution in [-0.4, -0.2) is 51.8 Å². The van der Waals surface area contributed by atoms with Crippen molar-refractivity contribution in [3.8, 4) is 0 Å². The first-order valence-electron chi connectivity index (χ1n) is 6.86. The molecule has 0 bridgehead atoms. The molecule has 9 heteroatoms. The fourth-order valence-corrected chi connectivity index (χ4v) is 2.89. The fraction of sp³-hybridized carbons (Fsp3) is 0.429. The second kappa shape index (κ2) is 8.42. The van der Waals surface area contributed by atoms with Crippen LogP contribution in [-0.2, 0) is 19.6 Å². The maximum atomic E-state index is 12.1. The topological polar surface area (TPSA) is 92.8 Å². The number of carbonyl (C=O) groups excluding carboxylic acids is 2. The normalized spacial score (nSPS) is 11.3. The Morgan fingerprint density at radius 2 is 1.96 bits per heavy atom. The molecule has 0 radical (unpaired) electrons. The van der Waals surface area contributed by atoms with Gasteiger partial charge in [0, 0.05) is 25.1 Å². The lowest BCUT2D eigenvalue weighted by Gasteiger charge is -2.13. The van der Waals surface area contributed by atoms with E-state index in [-0.39, 0.29) is 10.5 Å². The Morgan fingerprint density at radius 3 is 2.52 bits per heavy atom. The van der Waals surface area contributed by atoms with Crippen LogP contribution in [0, 0.1) is 0 Å². The number of nitrogens with one attached hydrogen (secondary N) is 1. The van der Waals surface area contributed by atoms with Gasteiger partial charge in [-0.25, -0.2) is 17.5 Å². The number of hydrogen-bond acceptors (Lipinski definition) is 5. The monoisotopic (exact) mass is 406 g/mol. The number of rotatable bonds is 7. The summed E-state index contributed by atoms with van der Waals surface area (Å²) in [6.07, 6.45) is 0.773. The quantitative estimate of drug-likeness (QED) is 0.690. The number of sulfonamides is 1. The van der Waals surface area contributed by atoms with Gasteiger partial charge in [0.1, 0.15) is 0 Å². The highest BCUT2D eigenvalue weighted by atomic mass is 79.9. The number of benzene rings is 1. The van der Waals surface area contributed by atoms with Crippen LogP contribution in [0.2, 0.25) is 0 Å². The van der Waals surface area contributed by atoms with E-state index in [0.29, 0.717) is 11.0 Å². The van der Waals surface area contributed by atoms with Gasteiger partial charge in [0.15, 0.2) is 6.61 Å². The van der Waals surface area contributed by atoms with Gasteiger partial charge in [0.25, 0.3) is 5.91 Å². The number of carbonyl (C=O) groups is 2. The average Bonchev–Trinajstić information content (AvgIpc) is 2.50. The molecule has 0 aliphatic heterocycles. The number of halogens is 1. The summed E-state index contributed by atoms with van der Waals surface area (Å²) in [7, 11) is -0.875. The second-order valence-electron chi connectivity index (χ2n) is 4.86. The highest BCUT2D eigenvalue weighted by molar-refractivity contribution is 9.10. The zero-order chi connectivity index (χ0) is 17.6. The lowest BCUT2D eigenvalue weighted by Crippen LogP contribution is -2.29. The predicted octanol–water partition coefficient (Wildman–Crippen LogP) is 1.38. The van der Waals surface area contributed by atoms with Gasteiger partial charge >= 0.3 is 5.97 Å². The zero-order valence-corrected chi connectivity index (χ0v) is 15.5. The largest absolute Gasteiger partial charge is 0.452 e. The summed E-state index contributed by atoms with van der Waals surface area (Å²) in [5, 5.41) is 2.57. The molecule has 0 heterocycles. The molecule has 0 spiro atoms. The van der Waals surface area contributed by atoms with Crippen LogP contribution in [0.4, 0.5) is 0 Å². The molecule has 1 N–H and O–H groups in total. The number of hydrogen-bond donors (Lipinski definition) is 1. The molecule has 1 amide bonds. The zero-order valence-electron chi connectivity index (χ0n) is 13.1. The Bertz CT molecular complexity index is 688. The molecule has 1 rings (SSSR count). The van der Waals surface area contributed by atoms with Crippen LogP contribution in [0.3, 0.4) is 0 Å². The van der Waals surface area contributed by atoms with E-state index in [2.05, 4.69) is 21.2 Å². The fourth-order valence-electron chi connectivity index (χ4n) is 1.56. The van der Waals surface area contributed by atoms with Crippen molar-refractivity contribution in [1.29, 1.82) is 0 Å². The average molecular weight is 407 g/mol. The van der Waals surface area contributed by atoms with Gasteiger partial charge in [-0.2, -0.15) is 0 Å². The third-order valence-electron chi connectivity index (χ3n) is 2.84. The Kier molecular flexibility index (Phi) is 7.17. The second-order valence-corrected chi connectivity index (χ2v) is 7.86. The maximum Gasteiger partial charge on any atom is 0.339 e. The summed E-state index contributed by atoms with van der Waals surface area (Å²) >= 11 is 3.17. The first-order chi connectivity index (χ1) is 10.7. The van der Waals surface area contributed by atoms with Crippen molar-refractivity contribution in [2.24, 2.45) is 0 Å². The summed E-state index contributed by atoms with van der Waals surface area (Å²) < 4.78 is 30.5. The molecule has 0 aliphatic rings. The van der Waals surface area contributed by atoms with Crippen LogP contribution in [0.15, 0.2) is 27.6 Å². The van der Waals surface area contributed by atoms with Crippen molar-refractivity contribution >= 4 is 37.8 Å². The molecule has 0 fully saturated rings. The lowest BCUT2D eigenvalue weighted by molar-refractivity contribution is -0.124. The Hall–Kier alpha value is -1.45. The Labute approximate surface area is 144 Å². The van der Waals surface area contributed by atoms with E-state index in [4.69, 9.17) is 4.74 Å². The van der Waals surface area contributed by atoms with Gasteiger partial charge < -0.3 is 10.1 Å². The van der Waals surface area contributed by atoms with E-state index in [1.54, 1.807) is 0 Å². The molecule has 0 unspecified atom stereocenters. The van der Waals surface area contributed by atoms with Gasteiger partial charge in [0.05, 0.1) is 10.5 Å². The van der Waals surface area contributed by atoms with E-state index in [1.165, 1.54) is 32.3 Å². The smallest absolute Gasteiger partial charge is 0.339 e. The molecule has 1 aromatic rings. The number of esters is 1. The molecule has 128 valence electrons. The summed E-state index contributed by atoms with van der Waals surface area (Å²) in [5.74, 6) is -1.19. The van der Waals surface area contributed by atoms with E-state index in [1.807, 2.05) is 6.92 Å². The third kappa shape index (κ3) is 5.29. The predicted molar refractivity (Wildman–Crippen MR) is 88.6 cm³/mol. The SMILES string of the molecule is CCCNC(=O)COC(=O)c1cc(S(=O)(=O)N(C)C)ccc1Br. The van der Waals surface area contributed by atoms with Gasteiger partial charge in [-0.3, -0.25) is 4.79 Å². The molecular weight excluding hydrogens is 388 g/mol. The van der Waals surface area contributed by atoms with Crippen molar-refractivity contribution in [3.05, 3.63) is 28.2 Å². The van der Waals surface area contributed by atoms with Crippen molar-refractivity contribution < 1.29 is 22.7 Å². The summed E-state index contributed by atoms with van der Waals surface area (Å²) in [6, 6.07) is 4.04. The Balaban J connectivity index is 2.91. The van der Waals surface area contributed by atoms with Crippen molar-refractivity contribution in [2.45, 2.75) is 18.2 Å². The van der Waals surface area contributed by atoms with Crippen LogP contribution in [0.25, 0.3) is 0 Å². The van der Waals surface area contributed by atoms with Gasteiger partial charge in [-0.05, 0) is 40.5 Å². The highest BCUT2D eigenvalue weighted by Gasteiger charge is 2.21. The molecule has 23 heavy (non-hydrogen) atoms.